The molecule has 188 valence electrons. The van der Waals surface area contributed by atoms with E-state index in [0.29, 0.717) is 23.6 Å². The van der Waals surface area contributed by atoms with E-state index in [1.165, 1.54) is 37.7 Å². The second-order valence-electron chi connectivity index (χ2n) is 11.6. The van der Waals surface area contributed by atoms with Crippen molar-refractivity contribution in [3.8, 4) is 11.5 Å². The Hall–Kier alpha value is -0.970. The molecular formula is C28H46ClNO3. The van der Waals surface area contributed by atoms with Gasteiger partial charge in [0, 0.05) is 30.6 Å². The maximum Gasteiger partial charge on any atom is 0.127 e. The quantitative estimate of drug-likeness (QED) is 0.436. The minimum atomic E-state index is -0.204. The Morgan fingerprint density at radius 3 is 2.52 bits per heavy atom. The highest BCUT2D eigenvalue weighted by Gasteiger charge is 2.48. The van der Waals surface area contributed by atoms with Crippen LogP contribution in [0, 0.1) is 5.92 Å². The van der Waals surface area contributed by atoms with Gasteiger partial charge in [-0.3, -0.25) is 4.90 Å². The molecule has 3 atom stereocenters. The van der Waals surface area contributed by atoms with Gasteiger partial charge in [0.15, 0.2) is 0 Å². The smallest absolute Gasteiger partial charge is 0.127 e. The molecule has 0 aromatic heterocycles. The van der Waals surface area contributed by atoms with Gasteiger partial charge in [0.05, 0.1) is 13.2 Å². The fourth-order valence-electron chi connectivity index (χ4n) is 6.53. The van der Waals surface area contributed by atoms with Gasteiger partial charge >= 0.3 is 0 Å². The van der Waals surface area contributed by atoms with Crippen molar-refractivity contribution in [2.24, 2.45) is 5.92 Å². The molecule has 5 heteroatoms. The van der Waals surface area contributed by atoms with Crippen LogP contribution < -0.4 is 4.74 Å². The van der Waals surface area contributed by atoms with Crippen LogP contribution in [0.25, 0.3) is 0 Å². The van der Waals surface area contributed by atoms with Crippen LogP contribution in [-0.4, -0.2) is 48.0 Å². The van der Waals surface area contributed by atoms with Gasteiger partial charge in [-0.05, 0) is 68.6 Å². The van der Waals surface area contributed by atoms with Crippen molar-refractivity contribution >= 4 is 12.4 Å². The summed E-state index contributed by atoms with van der Waals surface area (Å²) < 4.78 is 12.2. The summed E-state index contributed by atoms with van der Waals surface area (Å²) in [5.41, 5.74) is 2.11. The van der Waals surface area contributed by atoms with E-state index < -0.39 is 0 Å². The van der Waals surface area contributed by atoms with Crippen molar-refractivity contribution in [2.45, 2.75) is 109 Å². The lowest BCUT2D eigenvalue weighted by molar-refractivity contribution is -0.0404. The number of unbranched alkanes of at least 4 members (excludes halogenated alkanes) is 3. The molecule has 1 aromatic carbocycles. The van der Waals surface area contributed by atoms with Crippen molar-refractivity contribution in [1.82, 2.24) is 4.90 Å². The van der Waals surface area contributed by atoms with E-state index in [4.69, 9.17) is 9.47 Å². The number of phenols is 1. The molecule has 4 nitrogen and oxygen atoms in total. The molecule has 33 heavy (non-hydrogen) atoms. The van der Waals surface area contributed by atoms with Crippen molar-refractivity contribution in [3.63, 3.8) is 0 Å². The van der Waals surface area contributed by atoms with E-state index >= 15 is 0 Å². The van der Waals surface area contributed by atoms with Gasteiger partial charge in [-0.15, -0.1) is 12.4 Å². The second-order valence-corrected chi connectivity index (χ2v) is 11.6. The topological polar surface area (TPSA) is 41.9 Å². The van der Waals surface area contributed by atoms with Crippen molar-refractivity contribution < 1.29 is 14.6 Å². The third-order valence-corrected chi connectivity index (χ3v) is 8.58. The molecule has 3 aliphatic rings. The Morgan fingerprint density at radius 2 is 1.82 bits per heavy atom. The molecule has 1 aliphatic carbocycles. The SMILES string of the molecule is CCCCCCC(C)(C)c1cc(O)c2c(c1)OC(C)(C)C1CCC(N3CCOCC3)CC21.Cl. The average molecular weight is 480 g/mol. The average Bonchev–Trinajstić information content (AvgIpc) is 2.76. The number of phenolic OH excluding ortho intramolecular Hbond substituents is 1. The molecule has 1 N–H and O–H groups in total. The van der Waals surface area contributed by atoms with Crippen molar-refractivity contribution in [3.05, 3.63) is 23.3 Å². The molecule has 0 radical (unpaired) electrons. The van der Waals surface area contributed by atoms with Crippen LogP contribution >= 0.6 is 12.4 Å². The van der Waals surface area contributed by atoms with Gasteiger partial charge < -0.3 is 14.6 Å². The van der Waals surface area contributed by atoms with Crippen LogP contribution in [0.1, 0.15) is 103 Å². The summed E-state index contributed by atoms with van der Waals surface area (Å²) in [5, 5.41) is 11.3. The fraction of sp³-hybridized carbons (Fsp3) is 0.786. The summed E-state index contributed by atoms with van der Waals surface area (Å²) >= 11 is 0. The maximum absolute atomic E-state index is 11.3. The molecule has 0 spiro atoms. The highest BCUT2D eigenvalue weighted by Crippen LogP contribution is 2.55. The summed E-state index contributed by atoms with van der Waals surface area (Å²) in [7, 11) is 0. The predicted octanol–water partition coefficient (Wildman–Crippen LogP) is 6.82. The minimum Gasteiger partial charge on any atom is -0.508 e. The van der Waals surface area contributed by atoms with Gasteiger partial charge in [-0.2, -0.15) is 0 Å². The highest BCUT2D eigenvalue weighted by molar-refractivity contribution is 5.85. The first-order valence-electron chi connectivity index (χ1n) is 13.1. The number of benzene rings is 1. The van der Waals surface area contributed by atoms with Gasteiger partial charge in [-0.1, -0.05) is 46.5 Å². The molecule has 0 amide bonds. The van der Waals surface area contributed by atoms with E-state index in [2.05, 4.69) is 51.7 Å². The molecule has 1 aromatic rings. The number of halogens is 1. The molecular weight excluding hydrogens is 434 g/mol. The highest BCUT2D eigenvalue weighted by atomic mass is 35.5. The second kappa shape index (κ2) is 10.7. The minimum absolute atomic E-state index is 0. The van der Waals surface area contributed by atoms with Crippen LogP contribution in [0.4, 0.5) is 0 Å². The third-order valence-electron chi connectivity index (χ3n) is 8.58. The zero-order chi connectivity index (χ0) is 22.9. The summed E-state index contributed by atoms with van der Waals surface area (Å²) in [4.78, 5) is 2.62. The number of hydrogen-bond donors (Lipinski definition) is 1. The Balaban J connectivity index is 0.00000306. The lowest BCUT2D eigenvalue weighted by Gasteiger charge is -2.51. The van der Waals surface area contributed by atoms with E-state index in [0.717, 1.165) is 56.9 Å². The fourth-order valence-corrected chi connectivity index (χ4v) is 6.53. The summed E-state index contributed by atoms with van der Waals surface area (Å²) in [6, 6.07) is 4.89. The standard InChI is InChI=1S/C28H45NO3.ClH/c1-6-7-8-9-12-27(2,3)20-17-24(30)26-22-19-21(29-13-15-31-16-14-29)10-11-23(22)28(4,5)32-25(26)18-20;/h17-18,21-23,30H,6-16,19H2,1-5H3;1H. The molecule has 2 aliphatic heterocycles. The molecule has 2 fully saturated rings. The molecule has 2 heterocycles. The first-order valence-corrected chi connectivity index (χ1v) is 13.1. The van der Waals surface area contributed by atoms with E-state index in [9.17, 15) is 5.11 Å². The van der Waals surface area contributed by atoms with Crippen LogP contribution in [-0.2, 0) is 10.2 Å². The molecule has 0 bridgehead atoms. The largest absolute Gasteiger partial charge is 0.508 e. The summed E-state index contributed by atoms with van der Waals surface area (Å²) in [6.45, 7) is 15.1. The lowest BCUT2D eigenvalue weighted by Crippen LogP contribution is -2.52. The van der Waals surface area contributed by atoms with E-state index in [1.54, 1.807) is 0 Å². The number of nitrogens with zero attached hydrogens (tertiary/aromatic N) is 1. The Bertz CT molecular complexity index is 788. The summed E-state index contributed by atoms with van der Waals surface area (Å²) in [6.07, 6.45) is 9.70. The first-order chi connectivity index (χ1) is 15.2. The predicted molar refractivity (Wildman–Crippen MR) is 138 cm³/mol. The maximum atomic E-state index is 11.3. The Labute approximate surface area is 207 Å². The third kappa shape index (κ3) is 5.65. The van der Waals surface area contributed by atoms with E-state index in [1.807, 2.05) is 0 Å². The van der Waals surface area contributed by atoms with E-state index in [-0.39, 0.29) is 23.4 Å². The van der Waals surface area contributed by atoms with Gasteiger partial charge in [0.25, 0.3) is 0 Å². The van der Waals surface area contributed by atoms with Crippen molar-refractivity contribution in [1.29, 1.82) is 0 Å². The number of morpholine rings is 1. The normalized spacial score (nSPS) is 27.1. The number of aromatic hydroxyl groups is 1. The lowest BCUT2D eigenvalue weighted by atomic mass is 9.64. The number of ether oxygens (including phenoxy) is 2. The van der Waals surface area contributed by atoms with Gasteiger partial charge in [0.2, 0.25) is 0 Å². The molecule has 1 saturated heterocycles. The number of rotatable bonds is 7. The Morgan fingerprint density at radius 1 is 1.09 bits per heavy atom. The number of fused-ring (bicyclic) bond motifs is 3. The molecule has 4 rings (SSSR count). The zero-order valence-corrected chi connectivity index (χ0v) is 22.3. The van der Waals surface area contributed by atoms with Gasteiger partial charge in [0.1, 0.15) is 17.1 Å². The van der Waals surface area contributed by atoms with Gasteiger partial charge in [-0.25, -0.2) is 0 Å². The van der Waals surface area contributed by atoms with Crippen LogP contribution in [0.3, 0.4) is 0 Å². The van der Waals surface area contributed by atoms with Crippen LogP contribution in [0.2, 0.25) is 0 Å². The van der Waals surface area contributed by atoms with Crippen LogP contribution in [0.15, 0.2) is 12.1 Å². The monoisotopic (exact) mass is 479 g/mol. The molecule has 1 saturated carbocycles. The first kappa shape index (κ1) is 26.6. The van der Waals surface area contributed by atoms with Crippen molar-refractivity contribution in [2.75, 3.05) is 26.3 Å². The molecule has 3 unspecified atom stereocenters. The number of hydrogen-bond acceptors (Lipinski definition) is 4. The zero-order valence-electron chi connectivity index (χ0n) is 21.5. The Kier molecular flexibility index (Phi) is 8.67. The van der Waals surface area contributed by atoms with Crippen LogP contribution in [0.5, 0.6) is 11.5 Å². The summed E-state index contributed by atoms with van der Waals surface area (Å²) in [5.74, 6) is 2.19.